The zero-order valence-corrected chi connectivity index (χ0v) is 12.1. The van der Waals surface area contributed by atoms with E-state index in [0.29, 0.717) is 0 Å². The maximum absolute atomic E-state index is 8.80. The maximum atomic E-state index is 8.80. The second kappa shape index (κ2) is 7.03. The molecule has 0 atom stereocenters. The van der Waals surface area contributed by atoms with E-state index in [1.807, 2.05) is 29.7 Å². The summed E-state index contributed by atoms with van der Waals surface area (Å²) in [7, 11) is 0. The van der Waals surface area contributed by atoms with E-state index in [-0.39, 0.29) is 0 Å². The van der Waals surface area contributed by atoms with Crippen molar-refractivity contribution in [2.75, 3.05) is 11.1 Å². The molecule has 0 unspecified atom stereocenters. The second-order valence-corrected chi connectivity index (χ2v) is 5.92. The number of para-hydroxylation sites is 1. The van der Waals surface area contributed by atoms with Crippen molar-refractivity contribution in [1.29, 1.82) is 5.26 Å². The molecule has 1 aromatic heterocycles. The van der Waals surface area contributed by atoms with Crippen molar-refractivity contribution in [3.8, 4) is 6.07 Å². The topological polar surface area (TPSA) is 35.8 Å². The van der Waals surface area contributed by atoms with Gasteiger partial charge in [-0.05, 0) is 18.2 Å². The molecule has 1 heterocycles. The average Bonchev–Trinajstić information content (AvgIpc) is 2.91. The summed E-state index contributed by atoms with van der Waals surface area (Å²) < 4.78 is 0. The summed E-state index contributed by atoms with van der Waals surface area (Å²) >= 11 is 3.37. The number of hydrogen-bond donors (Lipinski definition) is 1. The number of thioether (sulfide) groups is 1. The molecule has 0 bridgehead atoms. The van der Waals surface area contributed by atoms with Crippen LogP contribution in [0.1, 0.15) is 10.4 Å². The lowest BCUT2D eigenvalue weighted by Gasteiger charge is -2.10. The Kier molecular flexibility index (Phi) is 5.08. The van der Waals surface area contributed by atoms with Crippen LogP contribution in [0.4, 0.5) is 5.69 Å². The van der Waals surface area contributed by atoms with Crippen LogP contribution in [0.2, 0.25) is 0 Å². The molecule has 2 rings (SSSR count). The molecule has 0 aliphatic heterocycles. The third kappa shape index (κ3) is 3.88. The summed E-state index contributed by atoms with van der Waals surface area (Å²) in [5.74, 6) is 0.899. The molecule has 4 heteroatoms. The minimum atomic E-state index is 0.733. The van der Waals surface area contributed by atoms with Gasteiger partial charge in [-0.2, -0.15) is 5.26 Å². The van der Waals surface area contributed by atoms with Crippen LogP contribution in [0, 0.1) is 11.3 Å². The van der Waals surface area contributed by atoms with Crippen LogP contribution in [0.15, 0.2) is 53.3 Å². The van der Waals surface area contributed by atoms with E-state index in [9.17, 15) is 0 Å². The van der Waals surface area contributed by atoms with Crippen LogP contribution in [0.3, 0.4) is 0 Å². The van der Waals surface area contributed by atoms with Gasteiger partial charge in [0.15, 0.2) is 0 Å². The van der Waals surface area contributed by atoms with Crippen molar-refractivity contribution in [1.82, 2.24) is 0 Å². The number of hydrogen-bond acceptors (Lipinski definition) is 4. The Labute approximate surface area is 121 Å². The molecular formula is C15H14N2S2. The molecule has 19 heavy (non-hydrogen) atoms. The highest BCUT2D eigenvalue weighted by atomic mass is 32.2. The van der Waals surface area contributed by atoms with Crippen LogP contribution < -0.4 is 5.32 Å². The quantitative estimate of drug-likeness (QED) is 0.627. The molecule has 2 nitrogen and oxygen atoms in total. The zero-order chi connectivity index (χ0) is 13.5. The fourth-order valence-electron chi connectivity index (χ4n) is 1.60. The van der Waals surface area contributed by atoms with E-state index in [1.165, 1.54) is 9.77 Å². The van der Waals surface area contributed by atoms with Crippen LogP contribution in [-0.4, -0.2) is 5.75 Å². The number of rotatable bonds is 6. The number of thiophene rings is 1. The highest BCUT2D eigenvalue weighted by Gasteiger charge is 2.03. The Morgan fingerprint density at radius 3 is 3.00 bits per heavy atom. The Morgan fingerprint density at radius 1 is 1.42 bits per heavy atom. The molecular weight excluding hydrogens is 272 g/mol. The number of benzene rings is 1. The molecule has 0 saturated carbocycles. The predicted molar refractivity (Wildman–Crippen MR) is 83.7 cm³/mol. The van der Waals surface area contributed by atoms with E-state index in [0.717, 1.165) is 23.5 Å². The first kappa shape index (κ1) is 13.7. The van der Waals surface area contributed by atoms with Gasteiger partial charge in [0, 0.05) is 33.1 Å². The highest BCUT2D eigenvalue weighted by Crippen LogP contribution is 2.27. The minimum Gasteiger partial charge on any atom is -0.379 e. The first-order chi connectivity index (χ1) is 9.33. The third-order valence-corrected chi connectivity index (χ3v) is 4.49. The first-order valence-electron chi connectivity index (χ1n) is 5.87. The van der Waals surface area contributed by atoms with Crippen molar-refractivity contribution >= 4 is 28.8 Å². The summed E-state index contributed by atoms with van der Waals surface area (Å²) in [4.78, 5) is 2.39. The lowest BCUT2D eigenvalue weighted by atomic mass is 10.3. The SMILES string of the molecule is C=CCSc1ccccc1NCc1cc(C#N)cs1. The lowest BCUT2D eigenvalue weighted by Crippen LogP contribution is -1.98. The van der Waals surface area contributed by atoms with Crippen LogP contribution in [-0.2, 0) is 6.54 Å². The van der Waals surface area contributed by atoms with Gasteiger partial charge >= 0.3 is 0 Å². The third-order valence-electron chi connectivity index (χ3n) is 2.48. The van der Waals surface area contributed by atoms with Gasteiger partial charge in [0.2, 0.25) is 0 Å². The minimum absolute atomic E-state index is 0.733. The van der Waals surface area contributed by atoms with Crippen molar-refractivity contribution in [2.24, 2.45) is 0 Å². The van der Waals surface area contributed by atoms with Gasteiger partial charge in [-0.15, -0.1) is 29.7 Å². The van der Waals surface area contributed by atoms with Gasteiger partial charge in [0.1, 0.15) is 6.07 Å². The predicted octanol–water partition coefficient (Wildman–Crippen LogP) is 4.51. The number of anilines is 1. The van der Waals surface area contributed by atoms with Crippen molar-refractivity contribution in [2.45, 2.75) is 11.4 Å². The Hall–Kier alpha value is -1.70. The highest BCUT2D eigenvalue weighted by molar-refractivity contribution is 7.99. The first-order valence-corrected chi connectivity index (χ1v) is 7.74. The van der Waals surface area contributed by atoms with Gasteiger partial charge in [-0.3, -0.25) is 0 Å². The Balaban J connectivity index is 2.02. The summed E-state index contributed by atoms with van der Waals surface area (Å²) in [5, 5.41) is 14.1. The second-order valence-electron chi connectivity index (χ2n) is 3.86. The smallest absolute Gasteiger partial charge is 0.100 e. The van der Waals surface area contributed by atoms with Gasteiger partial charge < -0.3 is 5.32 Å². The van der Waals surface area contributed by atoms with Gasteiger partial charge in [-0.1, -0.05) is 18.2 Å². The van der Waals surface area contributed by atoms with E-state index >= 15 is 0 Å². The molecule has 0 saturated heterocycles. The van der Waals surface area contributed by atoms with Crippen molar-refractivity contribution < 1.29 is 0 Å². The summed E-state index contributed by atoms with van der Waals surface area (Å²) in [6, 6.07) is 12.3. The Bertz CT molecular complexity index is 596. The molecule has 0 fully saturated rings. The van der Waals surface area contributed by atoms with Crippen molar-refractivity contribution in [3.05, 3.63) is 58.8 Å². The molecule has 2 aromatic rings. The molecule has 0 amide bonds. The standard InChI is InChI=1S/C15H14N2S2/c1-2-7-18-15-6-4-3-5-14(15)17-10-13-8-12(9-16)11-19-13/h2-6,8,11,17H,1,7,10H2. The average molecular weight is 286 g/mol. The summed E-state index contributed by atoms with van der Waals surface area (Å²) in [5.41, 5.74) is 1.86. The van der Waals surface area contributed by atoms with E-state index in [1.54, 1.807) is 23.1 Å². The van der Waals surface area contributed by atoms with E-state index < -0.39 is 0 Å². The monoisotopic (exact) mass is 286 g/mol. The largest absolute Gasteiger partial charge is 0.379 e. The normalized spacial score (nSPS) is 9.84. The zero-order valence-electron chi connectivity index (χ0n) is 10.4. The van der Waals surface area contributed by atoms with Crippen LogP contribution in [0.25, 0.3) is 0 Å². The van der Waals surface area contributed by atoms with Gasteiger partial charge in [-0.25, -0.2) is 0 Å². The number of nitriles is 1. The number of nitrogens with zero attached hydrogens (tertiary/aromatic N) is 1. The maximum Gasteiger partial charge on any atom is 0.100 e. The van der Waals surface area contributed by atoms with E-state index in [2.05, 4.69) is 30.1 Å². The summed E-state index contributed by atoms with van der Waals surface area (Å²) in [6.07, 6.45) is 1.90. The van der Waals surface area contributed by atoms with Gasteiger partial charge in [0.25, 0.3) is 0 Å². The molecule has 0 aliphatic rings. The van der Waals surface area contributed by atoms with Crippen LogP contribution >= 0.6 is 23.1 Å². The Morgan fingerprint density at radius 2 is 2.26 bits per heavy atom. The summed E-state index contributed by atoms with van der Waals surface area (Å²) in [6.45, 7) is 4.49. The van der Waals surface area contributed by atoms with Crippen LogP contribution in [0.5, 0.6) is 0 Å². The molecule has 96 valence electrons. The molecule has 0 radical (unpaired) electrons. The van der Waals surface area contributed by atoms with Gasteiger partial charge in [0.05, 0.1) is 5.56 Å². The van der Waals surface area contributed by atoms with Crippen molar-refractivity contribution in [3.63, 3.8) is 0 Å². The molecule has 1 aromatic carbocycles. The fourth-order valence-corrected chi connectivity index (χ4v) is 3.12. The van der Waals surface area contributed by atoms with E-state index in [4.69, 9.17) is 5.26 Å². The molecule has 0 spiro atoms. The molecule has 1 N–H and O–H groups in total. The lowest BCUT2D eigenvalue weighted by molar-refractivity contribution is 1.17. The number of nitrogens with one attached hydrogen (secondary N) is 1. The fraction of sp³-hybridized carbons (Fsp3) is 0.133. The molecule has 0 aliphatic carbocycles.